The van der Waals surface area contributed by atoms with Crippen LogP contribution >= 0.6 is 0 Å². The van der Waals surface area contributed by atoms with Crippen LogP contribution in [0.1, 0.15) is 25.0 Å². The van der Waals surface area contributed by atoms with Gasteiger partial charge in [-0.25, -0.2) is 0 Å². The summed E-state index contributed by atoms with van der Waals surface area (Å²) in [6, 6.07) is 9.95. The summed E-state index contributed by atoms with van der Waals surface area (Å²) in [5.41, 5.74) is 1.92. The molecule has 1 heterocycles. The van der Waals surface area contributed by atoms with Crippen LogP contribution in [0.4, 0.5) is 0 Å². The first-order chi connectivity index (χ1) is 8.09. The largest absolute Gasteiger partial charge is 0.373 e. The van der Waals surface area contributed by atoms with Crippen LogP contribution in [0, 0.1) is 11.3 Å². The van der Waals surface area contributed by atoms with Crippen molar-refractivity contribution in [3.05, 3.63) is 35.4 Å². The number of rotatable bonds is 2. The van der Waals surface area contributed by atoms with Crippen LogP contribution in [0.15, 0.2) is 24.3 Å². The second-order valence-electron chi connectivity index (χ2n) is 5.13. The first-order valence-electron chi connectivity index (χ1n) is 5.94. The van der Waals surface area contributed by atoms with Gasteiger partial charge in [0.1, 0.15) is 0 Å². The van der Waals surface area contributed by atoms with E-state index in [1.807, 2.05) is 24.3 Å². The molecular formula is C14H18N2O. The summed E-state index contributed by atoms with van der Waals surface area (Å²) in [6.07, 6.45) is 0. The SMILES string of the molecule is CC1(C)CN(Cc2ccc(C#N)cc2)CCO1. The molecule has 0 aliphatic carbocycles. The average molecular weight is 230 g/mol. The van der Waals surface area contributed by atoms with Gasteiger partial charge in [0, 0.05) is 19.6 Å². The number of nitriles is 1. The van der Waals surface area contributed by atoms with Gasteiger partial charge >= 0.3 is 0 Å². The van der Waals surface area contributed by atoms with Crippen molar-refractivity contribution in [3.8, 4) is 6.07 Å². The van der Waals surface area contributed by atoms with Crippen molar-refractivity contribution in [2.45, 2.75) is 26.0 Å². The molecule has 0 amide bonds. The Bertz CT molecular complexity index is 417. The molecule has 0 spiro atoms. The number of hydrogen-bond donors (Lipinski definition) is 0. The van der Waals surface area contributed by atoms with E-state index in [4.69, 9.17) is 10.00 Å². The van der Waals surface area contributed by atoms with Gasteiger partial charge in [-0.1, -0.05) is 12.1 Å². The number of hydrogen-bond acceptors (Lipinski definition) is 3. The first kappa shape index (κ1) is 12.1. The van der Waals surface area contributed by atoms with Gasteiger partial charge in [0.25, 0.3) is 0 Å². The molecule has 0 unspecified atom stereocenters. The standard InChI is InChI=1S/C14H18N2O/c1-14(2)11-16(7-8-17-14)10-13-5-3-12(9-15)4-6-13/h3-6H,7-8,10-11H2,1-2H3. The Labute approximate surface area is 103 Å². The smallest absolute Gasteiger partial charge is 0.0991 e. The van der Waals surface area contributed by atoms with Crippen LogP contribution in [0.25, 0.3) is 0 Å². The van der Waals surface area contributed by atoms with Gasteiger partial charge < -0.3 is 4.74 Å². The molecule has 17 heavy (non-hydrogen) atoms. The number of ether oxygens (including phenoxy) is 1. The number of nitrogens with zero attached hydrogens (tertiary/aromatic N) is 2. The summed E-state index contributed by atoms with van der Waals surface area (Å²) in [4.78, 5) is 2.39. The lowest BCUT2D eigenvalue weighted by Crippen LogP contribution is -2.47. The van der Waals surface area contributed by atoms with Gasteiger partial charge in [0.15, 0.2) is 0 Å². The Hall–Kier alpha value is -1.37. The third-order valence-electron chi connectivity index (χ3n) is 2.99. The molecule has 1 aromatic rings. The summed E-state index contributed by atoms with van der Waals surface area (Å²) in [5, 5.41) is 8.74. The van der Waals surface area contributed by atoms with Gasteiger partial charge in [-0.3, -0.25) is 4.90 Å². The Morgan fingerprint density at radius 2 is 2.06 bits per heavy atom. The summed E-state index contributed by atoms with van der Waals surface area (Å²) in [7, 11) is 0. The van der Waals surface area contributed by atoms with Gasteiger partial charge in [-0.2, -0.15) is 5.26 Å². The van der Waals surface area contributed by atoms with E-state index in [0.29, 0.717) is 0 Å². The maximum atomic E-state index is 8.74. The third-order valence-corrected chi connectivity index (χ3v) is 2.99. The topological polar surface area (TPSA) is 36.3 Å². The molecule has 1 aliphatic rings. The third kappa shape index (κ3) is 3.29. The van der Waals surface area contributed by atoms with Crippen LogP contribution < -0.4 is 0 Å². The van der Waals surface area contributed by atoms with E-state index in [9.17, 15) is 0 Å². The molecular weight excluding hydrogens is 212 g/mol. The second kappa shape index (κ2) is 4.87. The normalized spacial score (nSPS) is 19.8. The average Bonchev–Trinajstić information content (AvgIpc) is 2.29. The molecule has 0 N–H and O–H groups in total. The monoisotopic (exact) mass is 230 g/mol. The quantitative estimate of drug-likeness (QED) is 0.781. The number of morpholine rings is 1. The number of benzene rings is 1. The Morgan fingerprint density at radius 1 is 1.35 bits per heavy atom. The van der Waals surface area contributed by atoms with E-state index >= 15 is 0 Å². The van der Waals surface area contributed by atoms with Crippen molar-refractivity contribution in [3.63, 3.8) is 0 Å². The van der Waals surface area contributed by atoms with E-state index in [2.05, 4.69) is 24.8 Å². The lowest BCUT2D eigenvalue weighted by Gasteiger charge is -2.38. The minimum absolute atomic E-state index is 0.0507. The maximum absolute atomic E-state index is 8.74. The predicted molar refractivity (Wildman–Crippen MR) is 66.5 cm³/mol. The molecule has 3 nitrogen and oxygen atoms in total. The van der Waals surface area contributed by atoms with E-state index < -0.39 is 0 Å². The fraction of sp³-hybridized carbons (Fsp3) is 0.500. The molecule has 2 rings (SSSR count). The maximum Gasteiger partial charge on any atom is 0.0991 e. The molecule has 1 saturated heterocycles. The summed E-state index contributed by atoms with van der Waals surface area (Å²) in [6.45, 7) is 7.90. The van der Waals surface area contributed by atoms with Crippen LogP contribution in [0.2, 0.25) is 0 Å². The van der Waals surface area contributed by atoms with Crippen LogP contribution in [-0.2, 0) is 11.3 Å². The summed E-state index contributed by atoms with van der Waals surface area (Å²) in [5.74, 6) is 0. The first-order valence-corrected chi connectivity index (χ1v) is 5.94. The highest BCUT2D eigenvalue weighted by atomic mass is 16.5. The van der Waals surface area contributed by atoms with Gasteiger partial charge in [-0.15, -0.1) is 0 Å². The minimum Gasteiger partial charge on any atom is -0.373 e. The van der Waals surface area contributed by atoms with Crippen molar-refractivity contribution >= 4 is 0 Å². The molecule has 1 aliphatic heterocycles. The fourth-order valence-corrected chi connectivity index (χ4v) is 2.19. The highest BCUT2D eigenvalue weighted by molar-refractivity contribution is 5.31. The molecule has 0 aromatic heterocycles. The predicted octanol–water partition coefficient (Wildman–Crippen LogP) is 2.17. The highest BCUT2D eigenvalue weighted by Gasteiger charge is 2.26. The second-order valence-corrected chi connectivity index (χ2v) is 5.13. The zero-order valence-corrected chi connectivity index (χ0v) is 10.4. The van der Waals surface area contributed by atoms with Gasteiger partial charge in [0.05, 0.1) is 23.8 Å². The molecule has 0 bridgehead atoms. The van der Waals surface area contributed by atoms with E-state index in [-0.39, 0.29) is 5.60 Å². The molecule has 0 atom stereocenters. The molecule has 0 radical (unpaired) electrons. The molecule has 0 saturated carbocycles. The fourth-order valence-electron chi connectivity index (χ4n) is 2.19. The van der Waals surface area contributed by atoms with E-state index in [1.54, 1.807) is 0 Å². The van der Waals surface area contributed by atoms with Crippen LogP contribution in [0.3, 0.4) is 0 Å². The van der Waals surface area contributed by atoms with Crippen molar-refractivity contribution < 1.29 is 4.74 Å². The van der Waals surface area contributed by atoms with Crippen molar-refractivity contribution in [1.82, 2.24) is 4.90 Å². The molecule has 3 heteroatoms. The zero-order valence-electron chi connectivity index (χ0n) is 10.4. The van der Waals surface area contributed by atoms with E-state index in [0.717, 1.165) is 31.8 Å². The Morgan fingerprint density at radius 3 is 2.65 bits per heavy atom. The van der Waals surface area contributed by atoms with Crippen molar-refractivity contribution in [1.29, 1.82) is 5.26 Å². The van der Waals surface area contributed by atoms with Crippen LogP contribution in [0.5, 0.6) is 0 Å². The van der Waals surface area contributed by atoms with Crippen molar-refractivity contribution in [2.24, 2.45) is 0 Å². The highest BCUT2D eigenvalue weighted by Crippen LogP contribution is 2.18. The minimum atomic E-state index is -0.0507. The lowest BCUT2D eigenvalue weighted by atomic mass is 10.1. The molecule has 90 valence electrons. The lowest BCUT2D eigenvalue weighted by molar-refractivity contribution is -0.0882. The zero-order chi connectivity index (χ0) is 12.3. The Balaban J connectivity index is 1.98. The molecule has 1 fully saturated rings. The van der Waals surface area contributed by atoms with Crippen LogP contribution in [-0.4, -0.2) is 30.2 Å². The van der Waals surface area contributed by atoms with E-state index in [1.165, 1.54) is 5.56 Å². The van der Waals surface area contributed by atoms with Gasteiger partial charge in [0.2, 0.25) is 0 Å². The summed E-state index contributed by atoms with van der Waals surface area (Å²) < 4.78 is 5.69. The Kier molecular flexibility index (Phi) is 3.46. The van der Waals surface area contributed by atoms with Crippen molar-refractivity contribution in [2.75, 3.05) is 19.7 Å². The summed E-state index contributed by atoms with van der Waals surface area (Å²) >= 11 is 0. The molecule has 1 aromatic carbocycles. The van der Waals surface area contributed by atoms with Gasteiger partial charge in [-0.05, 0) is 31.5 Å².